The molecule has 1 aromatic carbocycles. The minimum Gasteiger partial charge on any atom is -0.332 e. The maximum atomic E-state index is 13.0. The molecular formula is C20H24ClN3OS2. The van der Waals surface area contributed by atoms with Gasteiger partial charge in [0.25, 0.3) is 5.91 Å². The number of aryl methyl sites for hydroxylation is 1. The SMILES string of the molecule is Cc1ccc(CN(CCc2ccccc2)C(=O)c2csc(CCN)n2)s1.Cl. The molecule has 144 valence electrons. The highest BCUT2D eigenvalue weighted by atomic mass is 35.5. The van der Waals surface area contributed by atoms with Crippen molar-refractivity contribution in [3.05, 3.63) is 73.9 Å². The van der Waals surface area contributed by atoms with Gasteiger partial charge in [-0.15, -0.1) is 35.1 Å². The van der Waals surface area contributed by atoms with E-state index in [4.69, 9.17) is 5.73 Å². The van der Waals surface area contributed by atoms with Crippen LogP contribution in [-0.4, -0.2) is 28.9 Å². The second-order valence-electron chi connectivity index (χ2n) is 6.14. The second kappa shape index (κ2) is 10.6. The molecule has 0 bridgehead atoms. The van der Waals surface area contributed by atoms with E-state index >= 15 is 0 Å². The van der Waals surface area contributed by atoms with Crippen molar-refractivity contribution in [2.24, 2.45) is 5.73 Å². The van der Waals surface area contributed by atoms with Crippen LogP contribution in [-0.2, 0) is 19.4 Å². The normalized spacial score (nSPS) is 10.4. The minimum atomic E-state index is -0.00787. The van der Waals surface area contributed by atoms with E-state index in [-0.39, 0.29) is 18.3 Å². The van der Waals surface area contributed by atoms with Gasteiger partial charge < -0.3 is 10.6 Å². The van der Waals surface area contributed by atoms with Crippen LogP contribution in [0, 0.1) is 6.92 Å². The molecule has 0 aliphatic carbocycles. The third-order valence-corrected chi connectivity index (χ3v) is 5.97. The number of thiophene rings is 1. The first-order chi connectivity index (χ1) is 12.7. The van der Waals surface area contributed by atoms with E-state index in [1.54, 1.807) is 11.3 Å². The Labute approximate surface area is 174 Å². The van der Waals surface area contributed by atoms with E-state index in [1.165, 1.54) is 26.7 Å². The molecule has 2 aromatic heterocycles. The van der Waals surface area contributed by atoms with E-state index < -0.39 is 0 Å². The highest BCUT2D eigenvalue weighted by Gasteiger charge is 2.19. The summed E-state index contributed by atoms with van der Waals surface area (Å²) in [7, 11) is 0. The van der Waals surface area contributed by atoms with Crippen molar-refractivity contribution in [2.45, 2.75) is 26.3 Å². The van der Waals surface area contributed by atoms with E-state index in [9.17, 15) is 4.79 Å². The number of hydrogen-bond donors (Lipinski definition) is 1. The van der Waals surface area contributed by atoms with Gasteiger partial charge in [-0.1, -0.05) is 30.3 Å². The summed E-state index contributed by atoms with van der Waals surface area (Å²) in [4.78, 5) is 21.9. The van der Waals surface area contributed by atoms with Crippen molar-refractivity contribution in [1.82, 2.24) is 9.88 Å². The first-order valence-corrected chi connectivity index (χ1v) is 10.4. The fourth-order valence-electron chi connectivity index (χ4n) is 2.73. The minimum absolute atomic E-state index is 0. The number of rotatable bonds is 8. The Balaban J connectivity index is 0.00000261. The van der Waals surface area contributed by atoms with E-state index in [0.29, 0.717) is 31.7 Å². The fraction of sp³-hybridized carbons (Fsp3) is 0.300. The van der Waals surface area contributed by atoms with Crippen LogP contribution in [0.5, 0.6) is 0 Å². The van der Waals surface area contributed by atoms with Gasteiger partial charge in [0, 0.05) is 28.1 Å². The number of hydrogen-bond acceptors (Lipinski definition) is 5. The van der Waals surface area contributed by atoms with E-state index in [0.717, 1.165) is 11.4 Å². The summed E-state index contributed by atoms with van der Waals surface area (Å²) in [5.74, 6) is -0.00787. The van der Waals surface area contributed by atoms with Crippen LogP contribution in [0.1, 0.15) is 30.8 Å². The van der Waals surface area contributed by atoms with Gasteiger partial charge in [-0.25, -0.2) is 4.98 Å². The third kappa shape index (κ3) is 6.14. The number of nitrogens with two attached hydrogens (primary N) is 1. The van der Waals surface area contributed by atoms with E-state index in [1.807, 2.05) is 28.5 Å². The van der Waals surface area contributed by atoms with Crippen LogP contribution in [0.2, 0.25) is 0 Å². The lowest BCUT2D eigenvalue weighted by atomic mass is 10.1. The average molecular weight is 422 g/mol. The molecule has 0 saturated heterocycles. The van der Waals surface area contributed by atoms with Crippen molar-refractivity contribution in [2.75, 3.05) is 13.1 Å². The number of nitrogens with zero attached hydrogens (tertiary/aromatic N) is 2. The molecule has 1 amide bonds. The maximum absolute atomic E-state index is 13.0. The smallest absolute Gasteiger partial charge is 0.273 e. The van der Waals surface area contributed by atoms with Crippen molar-refractivity contribution in [1.29, 1.82) is 0 Å². The summed E-state index contributed by atoms with van der Waals surface area (Å²) in [6, 6.07) is 14.5. The third-order valence-electron chi connectivity index (χ3n) is 4.07. The molecule has 0 unspecified atom stereocenters. The lowest BCUT2D eigenvalue weighted by Gasteiger charge is -2.21. The second-order valence-corrected chi connectivity index (χ2v) is 8.45. The van der Waals surface area contributed by atoms with Gasteiger partial charge in [0.05, 0.1) is 11.6 Å². The number of amides is 1. The lowest BCUT2D eigenvalue weighted by Crippen LogP contribution is -2.32. The number of carbonyl (C=O) groups excluding carboxylic acids is 1. The largest absolute Gasteiger partial charge is 0.332 e. The molecule has 0 fully saturated rings. The maximum Gasteiger partial charge on any atom is 0.273 e. The first kappa shape index (κ1) is 21.6. The molecule has 0 spiro atoms. The molecule has 4 nitrogen and oxygen atoms in total. The highest BCUT2D eigenvalue weighted by molar-refractivity contribution is 7.11. The quantitative estimate of drug-likeness (QED) is 0.589. The Morgan fingerprint density at radius 1 is 1.15 bits per heavy atom. The first-order valence-electron chi connectivity index (χ1n) is 8.68. The molecule has 2 heterocycles. The van der Waals surface area contributed by atoms with Crippen molar-refractivity contribution in [3.8, 4) is 0 Å². The number of halogens is 1. The molecule has 0 aliphatic rings. The number of benzene rings is 1. The molecule has 7 heteroatoms. The Bertz CT molecular complexity index is 848. The lowest BCUT2D eigenvalue weighted by molar-refractivity contribution is 0.0741. The van der Waals surface area contributed by atoms with Gasteiger partial charge in [-0.05, 0) is 37.6 Å². The Morgan fingerprint density at radius 2 is 1.93 bits per heavy atom. The highest BCUT2D eigenvalue weighted by Crippen LogP contribution is 2.20. The number of thiazole rings is 1. The Hall–Kier alpha value is -1.73. The van der Waals surface area contributed by atoms with Gasteiger partial charge in [0.2, 0.25) is 0 Å². The van der Waals surface area contributed by atoms with Crippen LogP contribution < -0.4 is 5.73 Å². The van der Waals surface area contributed by atoms with Gasteiger partial charge in [-0.3, -0.25) is 4.79 Å². The fourth-order valence-corrected chi connectivity index (χ4v) is 4.42. The van der Waals surface area contributed by atoms with Crippen molar-refractivity contribution < 1.29 is 4.79 Å². The zero-order valence-corrected chi connectivity index (χ0v) is 17.7. The molecule has 0 atom stereocenters. The molecule has 0 radical (unpaired) electrons. The summed E-state index contributed by atoms with van der Waals surface area (Å²) in [6.07, 6.45) is 1.54. The zero-order valence-electron chi connectivity index (χ0n) is 15.3. The Morgan fingerprint density at radius 3 is 2.59 bits per heavy atom. The van der Waals surface area contributed by atoms with Crippen LogP contribution in [0.3, 0.4) is 0 Å². The number of carbonyl (C=O) groups is 1. The molecule has 3 rings (SSSR count). The van der Waals surface area contributed by atoms with Gasteiger partial charge >= 0.3 is 0 Å². The van der Waals surface area contributed by atoms with Crippen LogP contribution >= 0.6 is 35.1 Å². The summed E-state index contributed by atoms with van der Waals surface area (Å²) in [5.41, 5.74) is 7.35. The topological polar surface area (TPSA) is 59.2 Å². The Kier molecular flexibility index (Phi) is 8.44. The van der Waals surface area contributed by atoms with Crippen molar-refractivity contribution >= 4 is 41.0 Å². The molecule has 27 heavy (non-hydrogen) atoms. The number of aromatic nitrogens is 1. The standard InChI is InChI=1S/C20H23N3OS2.ClH/c1-15-7-8-17(26-15)13-23(12-10-16-5-3-2-4-6-16)20(24)18-14-25-19(22-18)9-11-21;/h2-8,14H,9-13,21H2,1H3;1H. The summed E-state index contributed by atoms with van der Waals surface area (Å²) in [5, 5.41) is 2.77. The molecule has 3 aromatic rings. The molecule has 0 aliphatic heterocycles. The van der Waals surface area contributed by atoms with Crippen LogP contribution in [0.4, 0.5) is 0 Å². The van der Waals surface area contributed by atoms with Crippen LogP contribution in [0.15, 0.2) is 47.8 Å². The van der Waals surface area contributed by atoms with Crippen molar-refractivity contribution in [3.63, 3.8) is 0 Å². The molecule has 2 N–H and O–H groups in total. The van der Waals surface area contributed by atoms with E-state index in [2.05, 4.69) is 36.2 Å². The molecular weight excluding hydrogens is 398 g/mol. The molecule has 0 saturated carbocycles. The predicted octanol–water partition coefficient (Wildman–Crippen LogP) is 4.32. The van der Waals surface area contributed by atoms with Gasteiger partial charge in [0.1, 0.15) is 5.69 Å². The average Bonchev–Trinajstić information content (AvgIpc) is 3.28. The summed E-state index contributed by atoms with van der Waals surface area (Å²) >= 11 is 3.24. The monoisotopic (exact) mass is 421 g/mol. The zero-order chi connectivity index (χ0) is 18.4. The van der Waals surface area contributed by atoms with Gasteiger partial charge in [0.15, 0.2) is 0 Å². The summed E-state index contributed by atoms with van der Waals surface area (Å²) in [6.45, 7) is 3.93. The van der Waals surface area contributed by atoms with Gasteiger partial charge in [-0.2, -0.15) is 0 Å². The summed E-state index contributed by atoms with van der Waals surface area (Å²) < 4.78 is 0. The van der Waals surface area contributed by atoms with Crippen LogP contribution in [0.25, 0.3) is 0 Å². The predicted molar refractivity (Wildman–Crippen MR) is 116 cm³/mol.